The summed E-state index contributed by atoms with van der Waals surface area (Å²) in [5.41, 5.74) is 1.15. The van der Waals surface area contributed by atoms with Gasteiger partial charge in [0.05, 0.1) is 5.56 Å². The second-order valence-electron chi connectivity index (χ2n) is 5.36. The van der Waals surface area contributed by atoms with Crippen LogP contribution in [0.25, 0.3) is 0 Å². The van der Waals surface area contributed by atoms with Crippen molar-refractivity contribution in [3.63, 3.8) is 0 Å². The molecule has 122 valence electrons. The fraction of sp³-hybridized carbons (Fsp3) is 0.235. The molecule has 1 aliphatic carbocycles. The summed E-state index contributed by atoms with van der Waals surface area (Å²) in [6, 6.07) is 6.83. The zero-order valence-electron chi connectivity index (χ0n) is 12.5. The van der Waals surface area contributed by atoms with Gasteiger partial charge in [-0.25, -0.2) is 13.8 Å². The number of carbonyl (C=O) groups excluding carboxylic acids is 1. The summed E-state index contributed by atoms with van der Waals surface area (Å²) in [6.07, 6.45) is 2.36. The Morgan fingerprint density at radius 2 is 2.04 bits per heavy atom. The van der Waals surface area contributed by atoms with Gasteiger partial charge in [0.1, 0.15) is 29.3 Å². The van der Waals surface area contributed by atoms with Gasteiger partial charge in [0.15, 0.2) is 5.82 Å². The Labute approximate surface area is 142 Å². The van der Waals surface area contributed by atoms with Crippen molar-refractivity contribution in [1.29, 1.82) is 5.26 Å². The van der Waals surface area contributed by atoms with Crippen LogP contribution < -0.4 is 4.90 Å². The van der Waals surface area contributed by atoms with E-state index in [2.05, 4.69) is 4.98 Å². The number of rotatable bonds is 3. The molecule has 0 saturated carbocycles. The van der Waals surface area contributed by atoms with E-state index in [0.717, 1.165) is 41.1 Å². The predicted octanol–water partition coefficient (Wildman–Crippen LogP) is 3.62. The van der Waals surface area contributed by atoms with Crippen molar-refractivity contribution in [3.8, 4) is 6.07 Å². The van der Waals surface area contributed by atoms with Crippen molar-refractivity contribution in [2.24, 2.45) is 0 Å². The quantitative estimate of drug-likeness (QED) is 0.797. The first-order valence-corrected chi connectivity index (χ1v) is 7.86. The molecule has 0 unspecified atom stereocenters. The third kappa shape index (κ3) is 2.72. The average Bonchev–Trinajstić information content (AvgIpc) is 3.03. The SMILES string of the molecule is N#Cc1cc2c(nc1N(C(=O)CCl)c1c(F)cccc1F)CCC2. The third-order valence-electron chi connectivity index (χ3n) is 3.89. The van der Waals surface area contributed by atoms with E-state index in [9.17, 15) is 18.8 Å². The molecule has 24 heavy (non-hydrogen) atoms. The summed E-state index contributed by atoms with van der Waals surface area (Å²) >= 11 is 5.62. The fourth-order valence-electron chi connectivity index (χ4n) is 2.82. The molecule has 0 saturated heterocycles. The van der Waals surface area contributed by atoms with Crippen molar-refractivity contribution < 1.29 is 13.6 Å². The standard InChI is InChI=1S/C17H12ClF2N3O/c18-8-15(24)23(16-12(19)4-2-5-13(16)20)17-11(9-21)7-10-3-1-6-14(10)22-17/h2,4-5,7H,1,3,6,8H2. The smallest absolute Gasteiger partial charge is 0.247 e. The summed E-state index contributed by atoms with van der Waals surface area (Å²) in [5, 5.41) is 9.39. The van der Waals surface area contributed by atoms with Gasteiger partial charge in [0, 0.05) is 5.69 Å². The number of halogens is 3. The molecule has 1 amide bonds. The Kier molecular flexibility index (Phi) is 4.45. The van der Waals surface area contributed by atoms with Gasteiger partial charge >= 0.3 is 0 Å². The largest absolute Gasteiger partial charge is 0.273 e. The van der Waals surface area contributed by atoms with Crippen molar-refractivity contribution in [1.82, 2.24) is 4.98 Å². The van der Waals surface area contributed by atoms with E-state index in [-0.39, 0.29) is 11.4 Å². The minimum Gasteiger partial charge on any atom is -0.273 e. The van der Waals surface area contributed by atoms with Crippen molar-refractivity contribution in [2.45, 2.75) is 19.3 Å². The van der Waals surface area contributed by atoms with Crippen molar-refractivity contribution in [2.75, 3.05) is 10.8 Å². The maximum absolute atomic E-state index is 14.2. The van der Waals surface area contributed by atoms with Crippen LogP contribution in [0.1, 0.15) is 23.2 Å². The lowest BCUT2D eigenvalue weighted by Crippen LogP contribution is -2.30. The van der Waals surface area contributed by atoms with E-state index in [4.69, 9.17) is 11.6 Å². The van der Waals surface area contributed by atoms with Crippen LogP contribution in [0, 0.1) is 23.0 Å². The second-order valence-corrected chi connectivity index (χ2v) is 5.63. The molecule has 0 radical (unpaired) electrons. The topological polar surface area (TPSA) is 57.0 Å². The lowest BCUT2D eigenvalue weighted by atomic mass is 10.1. The molecular weight excluding hydrogens is 336 g/mol. The van der Waals surface area contributed by atoms with Crippen LogP contribution in [0.15, 0.2) is 24.3 Å². The number of pyridine rings is 1. The third-order valence-corrected chi connectivity index (χ3v) is 4.12. The average molecular weight is 348 g/mol. The van der Waals surface area contributed by atoms with Gasteiger partial charge in [-0.05, 0) is 43.0 Å². The van der Waals surface area contributed by atoms with Gasteiger partial charge < -0.3 is 0 Å². The highest BCUT2D eigenvalue weighted by atomic mass is 35.5. The van der Waals surface area contributed by atoms with E-state index < -0.39 is 29.1 Å². The number of aryl methyl sites for hydroxylation is 2. The lowest BCUT2D eigenvalue weighted by molar-refractivity contribution is -0.115. The van der Waals surface area contributed by atoms with E-state index in [1.165, 1.54) is 6.07 Å². The second kappa shape index (κ2) is 6.54. The van der Waals surface area contributed by atoms with E-state index in [1.54, 1.807) is 6.07 Å². The Balaban J connectivity index is 2.25. The molecular formula is C17H12ClF2N3O. The first kappa shape index (κ1) is 16.3. The number of para-hydroxylation sites is 1. The summed E-state index contributed by atoms with van der Waals surface area (Å²) in [5.74, 6) is -3.22. The number of carbonyl (C=O) groups is 1. The molecule has 1 aromatic carbocycles. The number of aromatic nitrogens is 1. The summed E-state index contributed by atoms with van der Waals surface area (Å²) in [4.78, 5) is 17.4. The van der Waals surface area contributed by atoms with E-state index in [1.807, 2.05) is 6.07 Å². The fourth-order valence-corrected chi connectivity index (χ4v) is 2.94. The van der Waals surface area contributed by atoms with Crippen LogP contribution in [-0.2, 0) is 17.6 Å². The molecule has 0 aliphatic heterocycles. The summed E-state index contributed by atoms with van der Waals surface area (Å²) < 4.78 is 28.4. The zero-order chi connectivity index (χ0) is 17.3. The Morgan fingerprint density at radius 1 is 1.33 bits per heavy atom. The molecule has 1 aliphatic rings. The molecule has 0 fully saturated rings. The number of amides is 1. The van der Waals surface area contributed by atoms with Crippen molar-refractivity contribution in [3.05, 3.63) is 52.7 Å². The van der Waals surface area contributed by atoms with E-state index >= 15 is 0 Å². The Bertz CT molecular complexity index is 843. The van der Waals surface area contributed by atoms with Crippen LogP contribution in [-0.4, -0.2) is 16.8 Å². The minimum atomic E-state index is -0.931. The van der Waals surface area contributed by atoms with Crippen molar-refractivity contribution >= 4 is 29.0 Å². The number of nitriles is 1. The number of benzene rings is 1. The molecule has 0 atom stereocenters. The highest BCUT2D eigenvalue weighted by Gasteiger charge is 2.29. The molecule has 0 spiro atoms. The number of nitrogens with zero attached hydrogens (tertiary/aromatic N) is 3. The molecule has 4 nitrogen and oxygen atoms in total. The van der Waals surface area contributed by atoms with Gasteiger partial charge in [-0.15, -0.1) is 11.6 Å². The molecule has 7 heteroatoms. The Hall–Kier alpha value is -2.52. The van der Waals surface area contributed by atoms with Crippen LogP contribution in [0.2, 0.25) is 0 Å². The maximum Gasteiger partial charge on any atom is 0.247 e. The molecule has 3 rings (SSSR count). The maximum atomic E-state index is 14.2. The normalized spacial score (nSPS) is 12.6. The molecule has 1 aromatic heterocycles. The zero-order valence-corrected chi connectivity index (χ0v) is 13.3. The van der Waals surface area contributed by atoms with Gasteiger partial charge in [0.25, 0.3) is 0 Å². The first-order valence-electron chi connectivity index (χ1n) is 7.32. The summed E-state index contributed by atoms with van der Waals surface area (Å²) in [6.45, 7) is 0. The molecule has 0 N–H and O–H groups in total. The molecule has 2 aromatic rings. The lowest BCUT2D eigenvalue weighted by Gasteiger charge is -2.23. The number of hydrogen-bond donors (Lipinski definition) is 0. The number of fused-ring (bicyclic) bond motifs is 1. The van der Waals surface area contributed by atoms with Gasteiger partial charge in [0.2, 0.25) is 5.91 Å². The monoisotopic (exact) mass is 347 g/mol. The highest BCUT2D eigenvalue weighted by Crippen LogP contribution is 2.34. The van der Waals surface area contributed by atoms with Gasteiger partial charge in [-0.1, -0.05) is 6.07 Å². The molecule has 0 bridgehead atoms. The highest BCUT2D eigenvalue weighted by molar-refractivity contribution is 6.30. The first-order chi connectivity index (χ1) is 11.6. The minimum absolute atomic E-state index is 0.0803. The number of hydrogen-bond acceptors (Lipinski definition) is 3. The van der Waals surface area contributed by atoms with Gasteiger partial charge in [-0.2, -0.15) is 5.26 Å². The summed E-state index contributed by atoms with van der Waals surface area (Å²) in [7, 11) is 0. The van der Waals surface area contributed by atoms with Crippen LogP contribution in [0.5, 0.6) is 0 Å². The number of alkyl halides is 1. The van der Waals surface area contributed by atoms with Crippen LogP contribution in [0.4, 0.5) is 20.3 Å². The van der Waals surface area contributed by atoms with E-state index in [0.29, 0.717) is 6.42 Å². The number of anilines is 2. The predicted molar refractivity (Wildman–Crippen MR) is 85.2 cm³/mol. The van der Waals surface area contributed by atoms with Gasteiger partial charge in [-0.3, -0.25) is 9.69 Å². The Morgan fingerprint density at radius 3 is 2.67 bits per heavy atom. The van der Waals surface area contributed by atoms with Crippen LogP contribution >= 0.6 is 11.6 Å². The van der Waals surface area contributed by atoms with Crippen LogP contribution in [0.3, 0.4) is 0 Å². The molecule has 1 heterocycles.